The first kappa shape index (κ1) is 61.8. The number of aromatic nitrogens is 2. The van der Waals surface area contributed by atoms with Crippen LogP contribution in [0, 0.1) is 19.7 Å². The first-order valence-electron chi connectivity index (χ1n) is 29.7. The number of aryl methyl sites for hydroxylation is 2. The number of amides is 3. The van der Waals surface area contributed by atoms with E-state index in [1.807, 2.05) is 67.0 Å². The van der Waals surface area contributed by atoms with Gasteiger partial charge in [0.15, 0.2) is 11.6 Å². The molecule has 0 bridgehead atoms. The van der Waals surface area contributed by atoms with Crippen molar-refractivity contribution < 1.29 is 33.0 Å². The minimum absolute atomic E-state index is 0.0622. The first-order valence-corrected chi connectivity index (χ1v) is 30.1. The lowest BCUT2D eigenvalue weighted by atomic mass is 9.99. The van der Waals surface area contributed by atoms with Gasteiger partial charge in [0.1, 0.15) is 23.0 Å². The normalized spacial score (nSPS) is 16.6. The van der Waals surface area contributed by atoms with Crippen LogP contribution in [0.3, 0.4) is 0 Å². The number of carbonyl (C=O) groups is 3. The van der Waals surface area contributed by atoms with Gasteiger partial charge in [0.05, 0.1) is 10.6 Å². The van der Waals surface area contributed by atoms with Crippen LogP contribution >= 0.6 is 11.6 Å². The highest BCUT2D eigenvalue weighted by molar-refractivity contribution is 6.32. The van der Waals surface area contributed by atoms with Crippen molar-refractivity contribution in [3.8, 4) is 34.6 Å². The van der Waals surface area contributed by atoms with E-state index in [1.54, 1.807) is 24.3 Å². The molecule has 3 aliphatic rings. The van der Waals surface area contributed by atoms with Crippen molar-refractivity contribution in [1.82, 2.24) is 24.7 Å². The Morgan fingerprint density at radius 2 is 0.943 bits per heavy atom. The monoisotopic (exact) mass is 1200 g/mol. The Balaban J connectivity index is 0.000000146. The lowest BCUT2D eigenvalue weighted by molar-refractivity contribution is 0.0991. The average molecular weight is 1200 g/mol. The molecule has 7 aromatic carbocycles. The zero-order chi connectivity index (χ0) is 61.5. The van der Waals surface area contributed by atoms with Crippen molar-refractivity contribution >= 4 is 29.3 Å². The summed E-state index contributed by atoms with van der Waals surface area (Å²) in [6.07, 6.45) is 12.4. The number of rotatable bonds is 18. The summed E-state index contributed by atoms with van der Waals surface area (Å²) < 4.78 is 31.4. The van der Waals surface area contributed by atoms with Crippen molar-refractivity contribution in [3.63, 3.8) is 0 Å². The predicted molar refractivity (Wildman–Crippen MR) is 341 cm³/mol. The van der Waals surface area contributed by atoms with Crippen molar-refractivity contribution in [2.75, 3.05) is 19.6 Å². The third-order valence-corrected chi connectivity index (χ3v) is 16.3. The molecule has 12 rings (SSSR count). The maximum Gasteiger partial charge on any atom is 0.250 e. The Kier molecular flexibility index (Phi) is 20.7. The lowest BCUT2D eigenvalue weighted by Gasteiger charge is -2.25. The molecule has 2 aromatic heterocycles. The summed E-state index contributed by atoms with van der Waals surface area (Å²) >= 11 is 6.20. The molecule has 3 amide bonds. The minimum atomic E-state index is -0.671. The number of carbonyl (C=O) groups excluding carboxylic acids is 3. The summed E-state index contributed by atoms with van der Waals surface area (Å²) in [5.41, 5.74) is 26.8. The van der Waals surface area contributed by atoms with Gasteiger partial charge < -0.3 is 31.4 Å². The van der Waals surface area contributed by atoms with Crippen molar-refractivity contribution in [2.45, 2.75) is 90.1 Å². The Morgan fingerprint density at radius 3 is 1.41 bits per heavy atom. The molecular weight excluding hydrogens is 1130 g/mol. The van der Waals surface area contributed by atoms with Crippen LogP contribution in [0.1, 0.15) is 132 Å². The highest BCUT2D eigenvalue weighted by Gasteiger charge is 2.29. The van der Waals surface area contributed by atoms with E-state index in [0.717, 1.165) is 51.8 Å². The van der Waals surface area contributed by atoms with E-state index in [9.17, 15) is 18.8 Å². The molecule has 0 saturated carbocycles. The van der Waals surface area contributed by atoms with Crippen LogP contribution in [0.15, 0.2) is 201 Å². The van der Waals surface area contributed by atoms with Crippen molar-refractivity contribution in [2.24, 2.45) is 17.2 Å². The quantitative estimate of drug-likeness (QED) is 0.0740. The van der Waals surface area contributed by atoms with Crippen LogP contribution in [0.4, 0.5) is 4.39 Å². The highest BCUT2D eigenvalue weighted by Crippen LogP contribution is 2.38. The fourth-order valence-corrected chi connectivity index (χ4v) is 12.0. The van der Waals surface area contributed by atoms with Gasteiger partial charge in [-0.3, -0.25) is 34.1 Å². The van der Waals surface area contributed by atoms with Gasteiger partial charge >= 0.3 is 0 Å². The molecule has 0 aliphatic carbocycles. The van der Waals surface area contributed by atoms with Crippen LogP contribution in [-0.4, -0.2) is 62.0 Å². The molecule has 0 spiro atoms. The average Bonchev–Trinajstić information content (AvgIpc) is 4.44. The second-order valence-corrected chi connectivity index (χ2v) is 22.9. The molecule has 3 atom stereocenters. The van der Waals surface area contributed by atoms with Gasteiger partial charge in [-0.15, -0.1) is 0 Å². The van der Waals surface area contributed by atoms with Crippen LogP contribution in [0.2, 0.25) is 5.02 Å². The third kappa shape index (κ3) is 16.6. The largest absolute Gasteiger partial charge is 0.456 e. The van der Waals surface area contributed by atoms with E-state index in [-0.39, 0.29) is 11.3 Å². The summed E-state index contributed by atoms with van der Waals surface area (Å²) in [7, 11) is 0. The van der Waals surface area contributed by atoms with Crippen LogP contribution < -0.4 is 31.4 Å². The Hall–Kier alpha value is -9.25. The second-order valence-electron chi connectivity index (χ2n) is 22.5. The van der Waals surface area contributed by atoms with Gasteiger partial charge in [-0.1, -0.05) is 114 Å². The van der Waals surface area contributed by atoms with Crippen molar-refractivity contribution in [3.05, 3.63) is 273 Å². The number of nitrogens with two attached hydrogens (primary N) is 3. The SMILES string of the molecule is Cc1cc(C)cc([C@@H]2CCCN2Cc2ccc(Oc3ccc(C(N)=O)cc3F)cc2)c1.NC(=O)c1ccc(Oc2ccc(CN3CCCC3c3ccccc3)cc2)nc1.NC(=O)c1ccc(Oc2ccc(CN3CCCC3c3cccnc3)cc2)c(Cl)c1. The molecule has 3 fully saturated rings. The van der Waals surface area contributed by atoms with Gasteiger partial charge in [-0.25, -0.2) is 9.37 Å². The molecule has 88 heavy (non-hydrogen) atoms. The number of hydrogen-bond acceptors (Lipinski definition) is 11. The number of benzene rings is 7. The smallest absolute Gasteiger partial charge is 0.250 e. The molecule has 6 N–H and O–H groups in total. The number of hydrogen-bond donors (Lipinski definition) is 3. The molecule has 450 valence electrons. The standard InChI is InChI=1S/C26H27FN2O2.C23H22ClN3O2.C23H23N3O2/c1-17-12-18(2)14-21(13-17)24-4-3-11-29(24)16-19-5-8-22(9-6-19)31-25-10-7-20(26(28)30)15-23(25)27;24-20-13-17(23(25)28)7-10-22(20)29-19-8-5-16(6-9-19)15-27-12-2-4-21(27)18-3-1-11-26-14-18;24-23(27)19-10-13-22(25-15-19)28-20-11-8-17(9-12-20)16-26-14-4-7-21(26)18-5-2-1-3-6-18/h5-10,12-15,24H,3-4,11,16H2,1-2H3,(H2,28,30);1,3,5-11,13-14,21H,2,4,12,15H2,(H2,25,28);1-3,5-6,8-13,15,21H,4,7,14,16H2,(H2,24,27)/t24-;;/m0../s1. The third-order valence-electron chi connectivity index (χ3n) is 16.0. The number of halogens is 2. The van der Waals surface area contributed by atoms with E-state index in [2.05, 4.69) is 117 Å². The molecule has 2 unspecified atom stereocenters. The van der Waals surface area contributed by atoms with Crippen LogP contribution in [0.25, 0.3) is 0 Å². The number of nitrogens with zero attached hydrogens (tertiary/aromatic N) is 5. The van der Waals surface area contributed by atoms with Gasteiger partial charge in [-0.05, 0) is 190 Å². The van der Waals surface area contributed by atoms with Gasteiger partial charge in [0.25, 0.3) is 0 Å². The summed E-state index contributed by atoms with van der Waals surface area (Å²) in [6, 6.07) is 58.8. The zero-order valence-corrected chi connectivity index (χ0v) is 50.2. The summed E-state index contributed by atoms with van der Waals surface area (Å²) in [4.78, 5) is 49.4. The number of ether oxygens (including phenoxy) is 3. The van der Waals surface area contributed by atoms with Crippen molar-refractivity contribution in [1.29, 1.82) is 0 Å². The molecule has 5 heterocycles. The topological polar surface area (TPSA) is 192 Å². The fraction of sp³-hybridized carbons (Fsp3) is 0.236. The number of pyridine rings is 2. The second kappa shape index (κ2) is 29.4. The maximum atomic E-state index is 14.2. The van der Waals surface area contributed by atoms with Crippen LogP contribution in [-0.2, 0) is 19.6 Å². The highest BCUT2D eigenvalue weighted by atomic mass is 35.5. The van der Waals surface area contributed by atoms with Gasteiger partial charge in [-0.2, -0.15) is 0 Å². The molecule has 0 radical (unpaired) electrons. The fourth-order valence-electron chi connectivity index (χ4n) is 11.8. The van der Waals surface area contributed by atoms with E-state index in [4.69, 9.17) is 43.0 Å². The first-order chi connectivity index (χ1) is 42.7. The molecule has 9 aromatic rings. The Labute approximate surface area is 518 Å². The minimum Gasteiger partial charge on any atom is -0.456 e. The number of likely N-dealkylation sites (tertiary alicyclic amines) is 3. The molecule has 14 nitrogen and oxygen atoms in total. The summed E-state index contributed by atoms with van der Waals surface area (Å²) in [6.45, 7) is 10.2. The Bertz CT molecular complexity index is 3790. The van der Waals surface area contributed by atoms with Gasteiger partial charge in [0, 0.05) is 73.5 Å². The maximum absolute atomic E-state index is 14.2. The summed E-state index contributed by atoms with van der Waals surface area (Å²) in [5, 5.41) is 0.349. The van der Waals surface area contributed by atoms with E-state index in [1.165, 1.54) is 101 Å². The van der Waals surface area contributed by atoms with E-state index >= 15 is 0 Å². The predicted octanol–water partition coefficient (Wildman–Crippen LogP) is 14.9. The van der Waals surface area contributed by atoms with Crippen LogP contribution in [0.5, 0.6) is 34.6 Å². The van der Waals surface area contributed by atoms with E-state index in [0.29, 0.717) is 63.2 Å². The number of primary amides is 3. The molecular formula is C72H72ClFN8O6. The molecule has 3 saturated heterocycles. The summed E-state index contributed by atoms with van der Waals surface area (Å²) in [5.74, 6) is 0.616. The Morgan fingerprint density at radius 1 is 0.489 bits per heavy atom. The zero-order valence-electron chi connectivity index (χ0n) is 49.4. The van der Waals surface area contributed by atoms with Gasteiger partial charge in [0.2, 0.25) is 23.6 Å². The molecule has 3 aliphatic heterocycles. The lowest BCUT2D eigenvalue weighted by Crippen LogP contribution is -2.22. The molecule has 16 heteroatoms. The van der Waals surface area contributed by atoms with E-state index < -0.39 is 23.5 Å².